The van der Waals surface area contributed by atoms with Crippen molar-refractivity contribution in [2.75, 3.05) is 19.3 Å². The molecule has 2 amide bonds. The van der Waals surface area contributed by atoms with Gasteiger partial charge in [-0.25, -0.2) is 5.43 Å². The van der Waals surface area contributed by atoms with Crippen LogP contribution in [0.5, 0.6) is 0 Å². The summed E-state index contributed by atoms with van der Waals surface area (Å²) in [5, 5.41) is 7.54. The van der Waals surface area contributed by atoms with E-state index in [1.807, 2.05) is 25.8 Å². The molecule has 1 unspecified atom stereocenters. The van der Waals surface area contributed by atoms with Crippen LogP contribution in [-0.2, 0) is 14.4 Å². The normalized spacial score (nSPS) is 21.1. The van der Waals surface area contributed by atoms with Crippen LogP contribution in [0.25, 0.3) is 0 Å². The van der Waals surface area contributed by atoms with E-state index in [1.54, 1.807) is 0 Å². The number of amidine groups is 1. The number of rotatable bonds is 7. The van der Waals surface area contributed by atoms with Crippen LogP contribution in [0.4, 0.5) is 0 Å². The first-order chi connectivity index (χ1) is 12.4. The highest BCUT2D eigenvalue weighted by Gasteiger charge is 2.30. The fourth-order valence-electron chi connectivity index (χ4n) is 3.27. The number of nitrogens with zero attached hydrogens (tertiary/aromatic N) is 2. The molecule has 8 heteroatoms. The molecule has 1 atom stereocenters. The molecule has 0 radical (unpaired) electrons. The van der Waals surface area contributed by atoms with E-state index in [4.69, 9.17) is 0 Å². The summed E-state index contributed by atoms with van der Waals surface area (Å²) in [7, 11) is 1.89. The lowest BCUT2D eigenvalue weighted by molar-refractivity contribution is -0.140. The van der Waals surface area contributed by atoms with E-state index < -0.39 is 17.7 Å². The second kappa shape index (κ2) is 9.94. The standard InChI is InChI=1S/C18H30N4O3S/c1-12(2)11-14(19-16(24)13-7-5-4-6-8-13)15(23)17(25)20-21-18-22(3)9-10-26-18/h12-14H,4-11H2,1-3H3,(H,19,24)(H,20,25)/b21-18-. The zero-order valence-corrected chi connectivity index (χ0v) is 16.7. The second-order valence-corrected chi connectivity index (χ2v) is 8.56. The first kappa shape index (κ1) is 20.7. The van der Waals surface area contributed by atoms with Crippen LogP contribution in [0, 0.1) is 11.8 Å². The molecule has 1 saturated heterocycles. The molecule has 0 aromatic rings. The Bertz CT molecular complexity index is 559. The third kappa shape index (κ3) is 6.00. The largest absolute Gasteiger partial charge is 0.352 e. The summed E-state index contributed by atoms with van der Waals surface area (Å²) < 4.78 is 0. The quantitative estimate of drug-likeness (QED) is 0.517. The third-order valence-electron chi connectivity index (χ3n) is 4.78. The Kier molecular flexibility index (Phi) is 7.93. The van der Waals surface area contributed by atoms with Gasteiger partial charge in [0.25, 0.3) is 0 Å². The molecule has 1 heterocycles. The van der Waals surface area contributed by atoms with Gasteiger partial charge in [-0.3, -0.25) is 14.4 Å². The number of nitrogens with one attached hydrogen (secondary N) is 2. The number of ketones is 1. The Morgan fingerprint density at radius 3 is 2.50 bits per heavy atom. The van der Waals surface area contributed by atoms with Crippen molar-refractivity contribution in [2.45, 2.75) is 58.4 Å². The van der Waals surface area contributed by atoms with Crippen LogP contribution in [0.3, 0.4) is 0 Å². The fourth-order valence-corrected chi connectivity index (χ4v) is 4.24. The molecule has 26 heavy (non-hydrogen) atoms. The predicted molar refractivity (Wildman–Crippen MR) is 104 cm³/mol. The van der Waals surface area contributed by atoms with Gasteiger partial charge in [0.15, 0.2) is 5.17 Å². The maximum atomic E-state index is 12.6. The smallest absolute Gasteiger partial charge is 0.309 e. The third-order valence-corrected chi connectivity index (χ3v) is 5.83. The zero-order chi connectivity index (χ0) is 19.1. The maximum Gasteiger partial charge on any atom is 0.309 e. The van der Waals surface area contributed by atoms with Gasteiger partial charge < -0.3 is 10.2 Å². The van der Waals surface area contributed by atoms with Crippen LogP contribution in [0.15, 0.2) is 5.10 Å². The molecular formula is C18H30N4O3S. The summed E-state index contributed by atoms with van der Waals surface area (Å²) in [6.07, 6.45) is 5.41. The summed E-state index contributed by atoms with van der Waals surface area (Å²) in [6, 6.07) is -0.793. The first-order valence-electron chi connectivity index (χ1n) is 9.44. The molecular weight excluding hydrogens is 352 g/mol. The van der Waals surface area contributed by atoms with Gasteiger partial charge in [-0.2, -0.15) is 0 Å². The molecule has 0 aromatic heterocycles. The van der Waals surface area contributed by atoms with Crippen LogP contribution >= 0.6 is 11.8 Å². The van der Waals surface area contributed by atoms with Crippen LogP contribution in [-0.4, -0.2) is 53.1 Å². The molecule has 1 aliphatic heterocycles. The Labute approximate surface area is 159 Å². The lowest BCUT2D eigenvalue weighted by atomic mass is 9.88. The van der Waals surface area contributed by atoms with Gasteiger partial charge in [-0.15, -0.1) is 5.10 Å². The molecule has 0 aromatic carbocycles. The molecule has 0 bridgehead atoms. The average molecular weight is 383 g/mol. The van der Waals surface area contributed by atoms with Gasteiger partial charge in [0.2, 0.25) is 11.7 Å². The maximum absolute atomic E-state index is 12.6. The van der Waals surface area contributed by atoms with E-state index in [2.05, 4.69) is 15.8 Å². The summed E-state index contributed by atoms with van der Waals surface area (Å²) >= 11 is 1.53. The minimum absolute atomic E-state index is 0.0435. The summed E-state index contributed by atoms with van der Waals surface area (Å²) in [5.74, 6) is -0.448. The molecule has 2 N–H and O–H groups in total. The number of carbonyl (C=O) groups is 3. The molecule has 2 rings (SSSR count). The Morgan fingerprint density at radius 2 is 1.92 bits per heavy atom. The molecule has 0 spiro atoms. The van der Waals surface area contributed by atoms with Crippen molar-refractivity contribution >= 4 is 34.5 Å². The van der Waals surface area contributed by atoms with Gasteiger partial charge in [0.1, 0.15) is 0 Å². The van der Waals surface area contributed by atoms with Crippen molar-refractivity contribution < 1.29 is 14.4 Å². The predicted octanol–water partition coefficient (Wildman–Crippen LogP) is 1.73. The Balaban J connectivity index is 1.96. The van der Waals surface area contributed by atoms with Crippen molar-refractivity contribution in [3.05, 3.63) is 0 Å². The second-order valence-electron chi connectivity index (χ2n) is 7.50. The van der Waals surface area contributed by atoms with Crippen LogP contribution in [0.1, 0.15) is 52.4 Å². The van der Waals surface area contributed by atoms with Crippen molar-refractivity contribution in [3.8, 4) is 0 Å². The van der Waals surface area contributed by atoms with Crippen LogP contribution in [0.2, 0.25) is 0 Å². The van der Waals surface area contributed by atoms with Crippen molar-refractivity contribution in [2.24, 2.45) is 16.9 Å². The number of hydrazone groups is 1. The molecule has 1 aliphatic carbocycles. The molecule has 2 fully saturated rings. The summed E-state index contributed by atoms with van der Waals surface area (Å²) in [6.45, 7) is 4.80. The lowest BCUT2D eigenvalue weighted by Gasteiger charge is -2.24. The molecule has 146 valence electrons. The average Bonchev–Trinajstić information content (AvgIpc) is 3.03. The SMILES string of the molecule is CC(C)CC(NC(=O)C1CCCCC1)C(=O)C(=O)N/N=C1\SCCN1C. The van der Waals surface area contributed by atoms with E-state index in [0.717, 1.165) is 44.4 Å². The topological polar surface area (TPSA) is 90.9 Å². The van der Waals surface area contributed by atoms with Crippen LogP contribution < -0.4 is 10.7 Å². The van der Waals surface area contributed by atoms with Crippen molar-refractivity contribution in [1.29, 1.82) is 0 Å². The van der Waals surface area contributed by atoms with Crippen molar-refractivity contribution in [3.63, 3.8) is 0 Å². The Hall–Kier alpha value is -1.57. The number of Topliss-reactive ketones (excluding diaryl/α,β-unsaturated/α-hetero) is 1. The van der Waals surface area contributed by atoms with E-state index in [9.17, 15) is 14.4 Å². The summed E-state index contributed by atoms with van der Waals surface area (Å²) in [5.41, 5.74) is 2.35. The monoisotopic (exact) mass is 382 g/mol. The fraction of sp³-hybridized carbons (Fsp3) is 0.778. The first-order valence-corrected chi connectivity index (χ1v) is 10.4. The van der Waals surface area contributed by atoms with E-state index in [-0.39, 0.29) is 17.7 Å². The van der Waals surface area contributed by atoms with Gasteiger partial charge in [0, 0.05) is 25.3 Å². The van der Waals surface area contributed by atoms with Gasteiger partial charge in [-0.1, -0.05) is 44.9 Å². The van der Waals surface area contributed by atoms with Gasteiger partial charge >= 0.3 is 5.91 Å². The number of amides is 2. The molecule has 1 saturated carbocycles. The highest BCUT2D eigenvalue weighted by molar-refractivity contribution is 8.14. The minimum atomic E-state index is -0.793. The van der Waals surface area contributed by atoms with E-state index >= 15 is 0 Å². The van der Waals surface area contributed by atoms with Gasteiger partial charge in [0.05, 0.1) is 6.04 Å². The summed E-state index contributed by atoms with van der Waals surface area (Å²) in [4.78, 5) is 39.2. The number of thioether (sulfide) groups is 1. The van der Waals surface area contributed by atoms with E-state index in [0.29, 0.717) is 11.6 Å². The number of carbonyl (C=O) groups excluding carboxylic acids is 3. The van der Waals surface area contributed by atoms with E-state index in [1.165, 1.54) is 11.8 Å². The van der Waals surface area contributed by atoms with Crippen molar-refractivity contribution in [1.82, 2.24) is 15.6 Å². The lowest BCUT2D eigenvalue weighted by Crippen LogP contribution is -2.49. The minimum Gasteiger partial charge on any atom is -0.352 e. The Morgan fingerprint density at radius 1 is 1.23 bits per heavy atom. The highest BCUT2D eigenvalue weighted by Crippen LogP contribution is 2.24. The molecule has 7 nitrogen and oxygen atoms in total. The zero-order valence-electron chi connectivity index (χ0n) is 15.9. The number of hydrogen-bond acceptors (Lipinski definition) is 5. The highest BCUT2D eigenvalue weighted by atomic mass is 32.2. The number of hydrogen-bond donors (Lipinski definition) is 2. The van der Waals surface area contributed by atoms with Gasteiger partial charge in [-0.05, 0) is 25.2 Å². The molecule has 2 aliphatic rings.